The molecule has 0 radical (unpaired) electrons. The summed E-state index contributed by atoms with van der Waals surface area (Å²) in [5.74, 6) is -0.500. The number of carbonyl (C=O) groups excluding carboxylic acids is 1. The Morgan fingerprint density at radius 1 is 1.50 bits per heavy atom. The number of rotatable bonds is 2. The van der Waals surface area contributed by atoms with Crippen molar-refractivity contribution in [1.82, 2.24) is 14.8 Å². The Labute approximate surface area is 92.9 Å². The minimum atomic E-state index is -0.500. The van der Waals surface area contributed by atoms with Gasteiger partial charge in [0, 0.05) is 13.2 Å². The Kier molecular flexibility index (Phi) is 2.44. The van der Waals surface area contributed by atoms with E-state index in [1.807, 2.05) is 19.1 Å². The molecule has 0 bridgehead atoms. The van der Waals surface area contributed by atoms with Crippen LogP contribution in [0.5, 0.6) is 0 Å². The number of carbonyl (C=O) groups is 1. The molecule has 0 aliphatic carbocycles. The Morgan fingerprint density at radius 2 is 2.25 bits per heavy atom. The van der Waals surface area contributed by atoms with E-state index < -0.39 is 5.91 Å². The lowest BCUT2D eigenvalue weighted by atomic mass is 10.1. The summed E-state index contributed by atoms with van der Waals surface area (Å²) in [6.07, 6.45) is 3.29. The molecule has 2 rings (SSSR count). The van der Waals surface area contributed by atoms with Crippen LogP contribution in [0, 0.1) is 6.92 Å². The predicted molar refractivity (Wildman–Crippen MR) is 59.7 cm³/mol. The van der Waals surface area contributed by atoms with Crippen molar-refractivity contribution in [2.45, 2.75) is 6.92 Å². The first-order chi connectivity index (χ1) is 7.61. The van der Waals surface area contributed by atoms with E-state index in [0.717, 1.165) is 11.3 Å². The van der Waals surface area contributed by atoms with Crippen LogP contribution in [0.2, 0.25) is 0 Å². The van der Waals surface area contributed by atoms with Crippen LogP contribution in [-0.4, -0.2) is 20.7 Å². The molecule has 0 aromatic carbocycles. The summed E-state index contributed by atoms with van der Waals surface area (Å²) < 4.78 is 1.46. The molecule has 0 unspecified atom stereocenters. The maximum atomic E-state index is 11.3. The molecule has 0 spiro atoms. The number of aromatic nitrogens is 3. The highest BCUT2D eigenvalue weighted by Gasteiger charge is 2.17. The molecule has 2 N–H and O–H groups in total. The van der Waals surface area contributed by atoms with E-state index in [2.05, 4.69) is 10.1 Å². The Morgan fingerprint density at radius 3 is 2.88 bits per heavy atom. The van der Waals surface area contributed by atoms with Gasteiger partial charge in [0.15, 0.2) is 0 Å². The zero-order valence-electron chi connectivity index (χ0n) is 9.14. The Bertz CT molecular complexity index is 545. The summed E-state index contributed by atoms with van der Waals surface area (Å²) in [4.78, 5) is 15.6. The third-order valence-corrected chi connectivity index (χ3v) is 2.44. The lowest BCUT2D eigenvalue weighted by molar-refractivity contribution is 0.0992. The van der Waals surface area contributed by atoms with Crippen molar-refractivity contribution in [3.63, 3.8) is 0 Å². The first kappa shape index (κ1) is 10.4. The number of hydrogen-bond acceptors (Lipinski definition) is 3. The first-order valence-electron chi connectivity index (χ1n) is 4.85. The maximum Gasteiger partial charge on any atom is 0.267 e. The van der Waals surface area contributed by atoms with E-state index >= 15 is 0 Å². The molecule has 0 saturated carbocycles. The van der Waals surface area contributed by atoms with Crippen LogP contribution in [0.3, 0.4) is 0 Å². The third kappa shape index (κ3) is 1.56. The van der Waals surface area contributed by atoms with Gasteiger partial charge in [0.2, 0.25) is 0 Å². The molecule has 0 atom stereocenters. The number of pyridine rings is 1. The highest BCUT2D eigenvalue weighted by molar-refractivity contribution is 5.97. The number of hydrogen-bond donors (Lipinski definition) is 1. The lowest BCUT2D eigenvalue weighted by Crippen LogP contribution is -2.17. The Balaban J connectivity index is 2.66. The van der Waals surface area contributed by atoms with Gasteiger partial charge in [0.1, 0.15) is 5.69 Å². The van der Waals surface area contributed by atoms with Crippen LogP contribution in [0.4, 0.5) is 0 Å². The van der Waals surface area contributed by atoms with Gasteiger partial charge in [-0.3, -0.25) is 14.5 Å². The molecule has 5 heteroatoms. The molecule has 0 fully saturated rings. The van der Waals surface area contributed by atoms with Crippen LogP contribution >= 0.6 is 0 Å². The average Bonchev–Trinajstić information content (AvgIpc) is 2.61. The zero-order chi connectivity index (χ0) is 11.7. The summed E-state index contributed by atoms with van der Waals surface area (Å²) >= 11 is 0. The van der Waals surface area contributed by atoms with Crippen molar-refractivity contribution < 1.29 is 4.79 Å². The molecule has 82 valence electrons. The summed E-state index contributed by atoms with van der Waals surface area (Å²) in [5, 5.41) is 4.03. The van der Waals surface area contributed by atoms with Crippen molar-refractivity contribution in [1.29, 1.82) is 0 Å². The van der Waals surface area contributed by atoms with Crippen LogP contribution in [0.15, 0.2) is 24.5 Å². The number of amides is 1. The summed E-state index contributed by atoms with van der Waals surface area (Å²) in [6, 6.07) is 3.78. The summed E-state index contributed by atoms with van der Waals surface area (Å²) in [7, 11) is 1.68. The van der Waals surface area contributed by atoms with Gasteiger partial charge in [-0.25, -0.2) is 0 Å². The van der Waals surface area contributed by atoms with E-state index in [-0.39, 0.29) is 0 Å². The Hall–Kier alpha value is -2.17. The standard InChI is InChI=1S/C11H12N4O/c1-7-4-3-5-13-9(7)8-6-14-15(2)10(8)11(12)16/h3-6H,1-2H3,(H2,12,16). The second kappa shape index (κ2) is 3.77. The van der Waals surface area contributed by atoms with Crippen LogP contribution in [0.1, 0.15) is 16.1 Å². The smallest absolute Gasteiger partial charge is 0.267 e. The highest BCUT2D eigenvalue weighted by Crippen LogP contribution is 2.23. The average molecular weight is 216 g/mol. The molecule has 5 nitrogen and oxygen atoms in total. The van der Waals surface area contributed by atoms with E-state index in [9.17, 15) is 4.79 Å². The van der Waals surface area contributed by atoms with Gasteiger partial charge in [0.05, 0.1) is 17.5 Å². The molecule has 2 heterocycles. The monoisotopic (exact) mass is 216 g/mol. The van der Waals surface area contributed by atoms with Gasteiger partial charge in [0.25, 0.3) is 5.91 Å². The minimum Gasteiger partial charge on any atom is -0.364 e. The molecule has 1 amide bonds. The molecule has 16 heavy (non-hydrogen) atoms. The van der Waals surface area contributed by atoms with Gasteiger partial charge in [-0.05, 0) is 18.6 Å². The van der Waals surface area contributed by atoms with E-state index in [0.29, 0.717) is 11.3 Å². The first-order valence-corrected chi connectivity index (χ1v) is 4.85. The number of aryl methyl sites for hydroxylation is 2. The van der Waals surface area contributed by atoms with Crippen LogP contribution < -0.4 is 5.73 Å². The summed E-state index contributed by atoms with van der Waals surface area (Å²) in [6.45, 7) is 1.93. The van der Waals surface area contributed by atoms with E-state index in [1.54, 1.807) is 19.4 Å². The molecular weight excluding hydrogens is 204 g/mol. The fourth-order valence-electron chi connectivity index (χ4n) is 1.67. The van der Waals surface area contributed by atoms with Gasteiger partial charge >= 0.3 is 0 Å². The van der Waals surface area contributed by atoms with Crippen molar-refractivity contribution in [3.05, 3.63) is 35.8 Å². The second-order valence-electron chi connectivity index (χ2n) is 3.56. The second-order valence-corrected chi connectivity index (χ2v) is 3.56. The van der Waals surface area contributed by atoms with E-state index in [4.69, 9.17) is 5.73 Å². The molecule has 0 aliphatic rings. The molecule has 0 saturated heterocycles. The zero-order valence-corrected chi connectivity index (χ0v) is 9.14. The lowest BCUT2D eigenvalue weighted by Gasteiger charge is -2.04. The van der Waals surface area contributed by atoms with Crippen molar-refractivity contribution >= 4 is 5.91 Å². The minimum absolute atomic E-state index is 0.377. The molecule has 2 aromatic heterocycles. The van der Waals surface area contributed by atoms with Gasteiger partial charge in [-0.2, -0.15) is 5.10 Å². The SMILES string of the molecule is Cc1cccnc1-c1cnn(C)c1C(N)=O. The maximum absolute atomic E-state index is 11.3. The van der Waals surface area contributed by atoms with Crippen molar-refractivity contribution in [2.75, 3.05) is 0 Å². The van der Waals surface area contributed by atoms with E-state index in [1.165, 1.54) is 4.68 Å². The molecule has 2 aromatic rings. The predicted octanol–water partition coefficient (Wildman–Crippen LogP) is 0.889. The summed E-state index contributed by atoms with van der Waals surface area (Å²) in [5.41, 5.74) is 8.09. The third-order valence-electron chi connectivity index (χ3n) is 2.44. The quantitative estimate of drug-likeness (QED) is 0.810. The largest absolute Gasteiger partial charge is 0.364 e. The van der Waals surface area contributed by atoms with Crippen LogP contribution in [0.25, 0.3) is 11.3 Å². The normalized spacial score (nSPS) is 10.4. The highest BCUT2D eigenvalue weighted by atomic mass is 16.1. The van der Waals surface area contributed by atoms with Gasteiger partial charge in [-0.1, -0.05) is 6.07 Å². The van der Waals surface area contributed by atoms with Crippen molar-refractivity contribution in [3.8, 4) is 11.3 Å². The topological polar surface area (TPSA) is 73.8 Å². The van der Waals surface area contributed by atoms with Gasteiger partial charge < -0.3 is 5.73 Å². The number of nitrogens with two attached hydrogens (primary N) is 1. The van der Waals surface area contributed by atoms with Crippen molar-refractivity contribution in [2.24, 2.45) is 12.8 Å². The number of primary amides is 1. The van der Waals surface area contributed by atoms with Crippen LogP contribution in [-0.2, 0) is 7.05 Å². The van der Waals surface area contributed by atoms with Gasteiger partial charge in [-0.15, -0.1) is 0 Å². The molecular formula is C11H12N4O. The molecule has 0 aliphatic heterocycles. The fraction of sp³-hybridized carbons (Fsp3) is 0.182. The fourth-order valence-corrected chi connectivity index (χ4v) is 1.67. The number of nitrogens with zero attached hydrogens (tertiary/aromatic N) is 3.